The van der Waals surface area contributed by atoms with Gasteiger partial charge >= 0.3 is 0 Å². The smallest absolute Gasteiger partial charge is 0.229 e. The van der Waals surface area contributed by atoms with Gasteiger partial charge in [-0.15, -0.1) is 0 Å². The molecule has 2 fully saturated rings. The van der Waals surface area contributed by atoms with Crippen LogP contribution in [0, 0.1) is 55.4 Å². The van der Waals surface area contributed by atoms with Crippen molar-refractivity contribution in [1.29, 1.82) is 0 Å². The zero-order chi connectivity index (χ0) is 42.2. The summed E-state index contributed by atoms with van der Waals surface area (Å²) in [6, 6.07) is 35.1. The van der Waals surface area contributed by atoms with Crippen molar-refractivity contribution in [3.63, 3.8) is 0 Å². The number of aryl methyl sites for hydroxylation is 8. The van der Waals surface area contributed by atoms with E-state index in [9.17, 15) is 0 Å². The summed E-state index contributed by atoms with van der Waals surface area (Å²) in [4.78, 5) is 2.14. The molecule has 0 N–H and O–H groups in total. The van der Waals surface area contributed by atoms with E-state index in [1.54, 1.807) is 0 Å². The average molecular weight is 834 g/mol. The van der Waals surface area contributed by atoms with Crippen LogP contribution in [-0.2, 0) is 29.8 Å². The summed E-state index contributed by atoms with van der Waals surface area (Å²) in [5, 5.41) is 4.51. The first-order valence-corrected chi connectivity index (χ1v) is 23.2. The van der Waals surface area contributed by atoms with Crippen LogP contribution in [0.15, 0.2) is 97.1 Å². The molecule has 0 amide bonds. The quantitative estimate of drug-likeness (QED) is 0.116. The standard InChI is InChI=1S/C50H61NO6P2/c1-31-17-32(2)22-40(21-31)58(41-23-33(3)18-34(4)24-41)56-47-46-45(30-52-50(9,10)55-46)54-49(53-44-16-14-13-15-39(44)29-51(11)12)48(47)57-59(42-25-35(5)19-36(6)26-42)43-27-37(7)20-38(8)28-43/h13-28,45-49H,29-30H2,1-12H3/t45-,46-,47+,48-,49-/m1/s1. The van der Waals surface area contributed by atoms with Crippen molar-refractivity contribution < 1.29 is 28.0 Å². The minimum Gasteiger partial charge on any atom is -0.462 e. The molecule has 0 saturated carbocycles. The Bertz CT molecular complexity index is 2090. The summed E-state index contributed by atoms with van der Waals surface area (Å²) in [6.45, 7) is 22.2. The molecule has 2 saturated heterocycles. The van der Waals surface area contributed by atoms with Crippen LogP contribution in [0.25, 0.3) is 0 Å². The van der Waals surface area contributed by atoms with E-state index in [0.717, 1.165) is 32.5 Å². The maximum Gasteiger partial charge on any atom is 0.229 e. The van der Waals surface area contributed by atoms with E-state index in [1.165, 1.54) is 44.5 Å². The Morgan fingerprint density at radius 1 is 0.593 bits per heavy atom. The molecular weight excluding hydrogens is 772 g/mol. The van der Waals surface area contributed by atoms with Crippen molar-refractivity contribution >= 4 is 37.5 Å². The fraction of sp³-hybridized carbons (Fsp3) is 0.400. The molecule has 7 rings (SSSR count). The number of hydrogen-bond donors (Lipinski definition) is 0. The van der Waals surface area contributed by atoms with E-state index >= 15 is 0 Å². The molecule has 5 atom stereocenters. The van der Waals surface area contributed by atoms with Crippen LogP contribution in [0.4, 0.5) is 0 Å². The molecule has 2 aliphatic heterocycles. The molecule has 5 aromatic carbocycles. The molecular formula is C50H61NO6P2. The molecule has 0 bridgehead atoms. The van der Waals surface area contributed by atoms with Gasteiger partial charge in [-0.05, 0) is 138 Å². The zero-order valence-electron chi connectivity index (χ0n) is 36.8. The highest BCUT2D eigenvalue weighted by Gasteiger charge is 2.55. The predicted molar refractivity (Wildman–Crippen MR) is 244 cm³/mol. The molecule has 0 aliphatic carbocycles. The number of nitrogens with zero attached hydrogens (tertiary/aromatic N) is 1. The number of rotatable bonds is 12. The van der Waals surface area contributed by atoms with Gasteiger partial charge in [-0.3, -0.25) is 0 Å². The minimum absolute atomic E-state index is 0.317. The molecule has 0 aromatic heterocycles. The third kappa shape index (κ3) is 10.7. The highest BCUT2D eigenvalue weighted by molar-refractivity contribution is 7.69. The summed E-state index contributed by atoms with van der Waals surface area (Å²) in [5.74, 6) is -0.139. The van der Waals surface area contributed by atoms with E-state index < -0.39 is 52.8 Å². The molecule has 312 valence electrons. The van der Waals surface area contributed by atoms with E-state index in [1.807, 2.05) is 26.0 Å². The number of benzene rings is 5. The molecule has 0 unspecified atom stereocenters. The third-order valence-corrected chi connectivity index (χ3v) is 14.3. The van der Waals surface area contributed by atoms with Gasteiger partial charge in [0.05, 0.1) is 22.9 Å². The summed E-state index contributed by atoms with van der Waals surface area (Å²) in [6.07, 6.45) is -3.24. The van der Waals surface area contributed by atoms with Crippen molar-refractivity contribution in [3.05, 3.63) is 147 Å². The highest BCUT2D eigenvalue weighted by atomic mass is 31.1. The van der Waals surface area contributed by atoms with Crippen LogP contribution < -0.4 is 26.0 Å². The lowest BCUT2D eigenvalue weighted by Crippen LogP contribution is -2.66. The Kier molecular flexibility index (Phi) is 13.5. The monoisotopic (exact) mass is 833 g/mol. The molecule has 59 heavy (non-hydrogen) atoms. The van der Waals surface area contributed by atoms with E-state index in [2.05, 4.69) is 159 Å². The van der Waals surface area contributed by atoms with Crippen LogP contribution in [0.5, 0.6) is 5.75 Å². The second kappa shape index (κ2) is 18.2. The van der Waals surface area contributed by atoms with Crippen LogP contribution in [0.3, 0.4) is 0 Å². The van der Waals surface area contributed by atoms with E-state index in [4.69, 9.17) is 28.0 Å². The van der Waals surface area contributed by atoms with Crippen molar-refractivity contribution in [1.82, 2.24) is 4.90 Å². The van der Waals surface area contributed by atoms with Crippen LogP contribution >= 0.6 is 16.3 Å². The van der Waals surface area contributed by atoms with Gasteiger partial charge in [0.25, 0.3) is 0 Å². The second-order valence-corrected chi connectivity index (χ2v) is 21.1. The molecule has 5 aromatic rings. The lowest BCUT2D eigenvalue weighted by atomic mass is 9.97. The van der Waals surface area contributed by atoms with Gasteiger partial charge in [0.2, 0.25) is 6.29 Å². The molecule has 7 nitrogen and oxygen atoms in total. The van der Waals surface area contributed by atoms with Crippen molar-refractivity contribution in [2.24, 2.45) is 0 Å². The Balaban J connectivity index is 1.44. The fourth-order valence-electron chi connectivity index (χ4n) is 8.40. The number of fused-ring (bicyclic) bond motifs is 1. The van der Waals surface area contributed by atoms with Crippen molar-refractivity contribution in [2.75, 3.05) is 20.7 Å². The predicted octanol–water partition coefficient (Wildman–Crippen LogP) is 9.34. The molecule has 2 aliphatic rings. The van der Waals surface area contributed by atoms with Gasteiger partial charge in [-0.25, -0.2) is 0 Å². The van der Waals surface area contributed by atoms with Gasteiger partial charge in [0.15, 0.2) is 11.9 Å². The van der Waals surface area contributed by atoms with Gasteiger partial charge in [-0.2, -0.15) is 0 Å². The van der Waals surface area contributed by atoms with Crippen LogP contribution in [-0.4, -0.2) is 62.1 Å². The topological polar surface area (TPSA) is 58.6 Å². The Morgan fingerprint density at radius 3 is 1.42 bits per heavy atom. The van der Waals surface area contributed by atoms with Gasteiger partial charge < -0.3 is 32.9 Å². The Labute approximate surface area is 355 Å². The summed E-state index contributed by atoms with van der Waals surface area (Å²) < 4.78 is 43.0. The normalized spacial score (nSPS) is 21.6. The molecule has 0 radical (unpaired) electrons. The average Bonchev–Trinajstić information content (AvgIpc) is 3.12. The number of hydrogen-bond acceptors (Lipinski definition) is 7. The molecule has 9 heteroatoms. The van der Waals surface area contributed by atoms with Crippen LogP contribution in [0.1, 0.15) is 63.9 Å². The SMILES string of the molecule is Cc1cc(C)cc(P(O[C@@H]2[C@@H](OP(c3cc(C)cc(C)c3)c3cc(C)cc(C)c3)[C@H](Oc3ccccc3CN(C)C)O[C@@H]3COC(C)(C)O[C@@H]23)c2cc(C)cc(C)c2)c1. The minimum atomic E-state index is -1.42. The first-order valence-electron chi connectivity index (χ1n) is 20.6. The van der Waals surface area contributed by atoms with Gasteiger partial charge in [0.1, 0.15) is 24.1 Å². The molecule has 0 spiro atoms. The maximum atomic E-state index is 7.79. The van der Waals surface area contributed by atoms with Crippen molar-refractivity contribution in [2.45, 2.75) is 112 Å². The van der Waals surface area contributed by atoms with Crippen molar-refractivity contribution in [3.8, 4) is 5.75 Å². The fourth-order valence-corrected chi connectivity index (χ4v) is 13.0. The number of para-hydroxylation sites is 1. The molecule has 2 heterocycles. The largest absolute Gasteiger partial charge is 0.462 e. The second-order valence-electron chi connectivity index (χ2n) is 17.4. The zero-order valence-corrected chi connectivity index (χ0v) is 38.6. The van der Waals surface area contributed by atoms with Crippen LogP contribution in [0.2, 0.25) is 0 Å². The van der Waals surface area contributed by atoms with E-state index in [-0.39, 0.29) is 0 Å². The summed E-state index contributed by atoms with van der Waals surface area (Å²) >= 11 is 0. The first kappa shape index (κ1) is 43.6. The lowest BCUT2D eigenvalue weighted by Gasteiger charge is -2.51. The maximum absolute atomic E-state index is 7.79. The van der Waals surface area contributed by atoms with Gasteiger partial charge in [-0.1, -0.05) is 87.0 Å². The highest BCUT2D eigenvalue weighted by Crippen LogP contribution is 2.48. The third-order valence-electron chi connectivity index (χ3n) is 10.5. The Morgan fingerprint density at radius 2 is 1.00 bits per heavy atom. The summed E-state index contributed by atoms with van der Waals surface area (Å²) in [5.41, 5.74) is 10.5. The van der Waals surface area contributed by atoms with E-state index in [0.29, 0.717) is 13.2 Å². The lowest BCUT2D eigenvalue weighted by molar-refractivity contribution is -0.367. The summed E-state index contributed by atoms with van der Waals surface area (Å²) in [7, 11) is 1.32. The Hall–Kier alpha value is -3.48. The first-order chi connectivity index (χ1) is 28.0. The van der Waals surface area contributed by atoms with Gasteiger partial charge in [0, 0.05) is 33.3 Å². The number of ether oxygens (including phenoxy) is 4.